The molecule has 0 aromatic carbocycles. The monoisotopic (exact) mass is 239 g/mol. The van der Waals surface area contributed by atoms with Crippen LogP contribution < -0.4 is 5.32 Å². The summed E-state index contributed by atoms with van der Waals surface area (Å²) in [5, 5.41) is 2.88. The number of esters is 1. The highest BCUT2D eigenvalue weighted by Gasteiger charge is 2.50. The molecule has 0 heterocycles. The number of methoxy groups -OCH3 is 1. The second-order valence-electron chi connectivity index (χ2n) is 5.67. The highest BCUT2D eigenvalue weighted by atomic mass is 16.5. The minimum absolute atomic E-state index is 0.0199. The van der Waals surface area contributed by atoms with E-state index in [-0.39, 0.29) is 17.3 Å². The summed E-state index contributed by atoms with van der Waals surface area (Å²) in [6.45, 7) is 2.14. The molecule has 2 rings (SSSR count). The van der Waals surface area contributed by atoms with Crippen molar-refractivity contribution in [1.82, 2.24) is 5.32 Å². The first-order chi connectivity index (χ1) is 8.04. The molecule has 0 saturated heterocycles. The van der Waals surface area contributed by atoms with Crippen molar-refractivity contribution in [2.45, 2.75) is 39.0 Å². The lowest BCUT2D eigenvalue weighted by Crippen LogP contribution is -2.37. The number of amides is 1. The molecule has 0 spiro atoms. The number of carbonyl (C=O) groups excluding carboxylic acids is 2. The largest absolute Gasteiger partial charge is 0.469 e. The molecule has 0 aliphatic heterocycles. The smallest absolute Gasteiger partial charge is 0.306 e. The Morgan fingerprint density at radius 1 is 1.29 bits per heavy atom. The molecule has 4 nitrogen and oxygen atoms in total. The summed E-state index contributed by atoms with van der Waals surface area (Å²) in [6, 6.07) is 0. The van der Waals surface area contributed by atoms with Crippen LogP contribution in [0.3, 0.4) is 0 Å². The predicted octanol–water partition coefficient (Wildman–Crippen LogP) is 1.49. The van der Waals surface area contributed by atoms with Crippen LogP contribution in [0.4, 0.5) is 0 Å². The van der Waals surface area contributed by atoms with Crippen molar-refractivity contribution in [3.63, 3.8) is 0 Å². The summed E-state index contributed by atoms with van der Waals surface area (Å²) in [7, 11) is 1.43. The first-order valence-corrected chi connectivity index (χ1v) is 6.36. The standard InChI is InChI=1S/C13H21NO3/c1-9(15)14-8-13(7-12(16)17-2)5-10-3-4-11(10)6-13/h10-11H,3-8H2,1-2H3,(H,14,15)/t10-,11+,13?. The second kappa shape index (κ2) is 4.67. The fraction of sp³-hybridized carbons (Fsp3) is 0.846. The van der Waals surface area contributed by atoms with E-state index in [0.29, 0.717) is 13.0 Å². The zero-order valence-electron chi connectivity index (χ0n) is 10.6. The number of nitrogens with one attached hydrogen (secondary N) is 1. The minimum Gasteiger partial charge on any atom is -0.469 e. The molecular weight excluding hydrogens is 218 g/mol. The normalized spacial score (nSPS) is 34.7. The Balaban J connectivity index is 2.00. The van der Waals surface area contributed by atoms with Crippen molar-refractivity contribution in [3.8, 4) is 0 Å². The zero-order chi connectivity index (χ0) is 12.5. The maximum atomic E-state index is 11.5. The second-order valence-corrected chi connectivity index (χ2v) is 5.67. The molecule has 2 saturated carbocycles. The lowest BCUT2D eigenvalue weighted by molar-refractivity contribution is -0.143. The Morgan fingerprint density at radius 3 is 2.29 bits per heavy atom. The van der Waals surface area contributed by atoms with Crippen LogP contribution in [0.5, 0.6) is 0 Å². The molecular formula is C13H21NO3. The number of fused-ring (bicyclic) bond motifs is 1. The van der Waals surface area contributed by atoms with Gasteiger partial charge in [-0.15, -0.1) is 0 Å². The average Bonchev–Trinajstić information content (AvgIpc) is 2.51. The quantitative estimate of drug-likeness (QED) is 0.756. The molecule has 2 aliphatic carbocycles. The van der Waals surface area contributed by atoms with E-state index in [4.69, 9.17) is 4.74 Å². The van der Waals surface area contributed by atoms with Crippen LogP contribution in [-0.4, -0.2) is 25.5 Å². The Bertz CT molecular complexity index is 315. The van der Waals surface area contributed by atoms with Gasteiger partial charge in [-0.25, -0.2) is 0 Å². The van der Waals surface area contributed by atoms with Crippen LogP contribution in [0, 0.1) is 17.3 Å². The summed E-state index contributed by atoms with van der Waals surface area (Å²) in [4.78, 5) is 22.6. The van der Waals surface area contributed by atoms with Crippen molar-refractivity contribution in [3.05, 3.63) is 0 Å². The fourth-order valence-electron chi connectivity index (χ4n) is 3.41. The van der Waals surface area contributed by atoms with E-state index < -0.39 is 0 Å². The number of ether oxygens (including phenoxy) is 1. The van der Waals surface area contributed by atoms with E-state index in [0.717, 1.165) is 24.7 Å². The maximum absolute atomic E-state index is 11.5. The van der Waals surface area contributed by atoms with Gasteiger partial charge >= 0.3 is 5.97 Å². The van der Waals surface area contributed by atoms with Gasteiger partial charge in [0.2, 0.25) is 5.91 Å². The highest BCUT2D eigenvalue weighted by molar-refractivity contribution is 5.73. The molecule has 1 N–H and O–H groups in total. The number of carbonyl (C=O) groups is 2. The van der Waals surface area contributed by atoms with Crippen LogP contribution in [0.2, 0.25) is 0 Å². The van der Waals surface area contributed by atoms with Crippen LogP contribution in [0.1, 0.15) is 39.0 Å². The van der Waals surface area contributed by atoms with Gasteiger partial charge in [0.1, 0.15) is 0 Å². The Hall–Kier alpha value is -1.06. The molecule has 1 unspecified atom stereocenters. The summed E-state index contributed by atoms with van der Waals surface area (Å²) < 4.78 is 4.78. The average molecular weight is 239 g/mol. The molecule has 96 valence electrons. The van der Waals surface area contributed by atoms with E-state index in [2.05, 4.69) is 5.32 Å². The molecule has 3 atom stereocenters. The van der Waals surface area contributed by atoms with Gasteiger partial charge in [-0.3, -0.25) is 9.59 Å². The van der Waals surface area contributed by atoms with Crippen molar-refractivity contribution in [2.24, 2.45) is 17.3 Å². The van der Waals surface area contributed by atoms with E-state index in [9.17, 15) is 9.59 Å². The van der Waals surface area contributed by atoms with Crippen LogP contribution in [-0.2, 0) is 14.3 Å². The van der Waals surface area contributed by atoms with E-state index in [1.54, 1.807) is 0 Å². The van der Waals surface area contributed by atoms with E-state index >= 15 is 0 Å². The minimum atomic E-state index is -0.156. The lowest BCUT2D eigenvalue weighted by Gasteiger charge is -2.29. The fourth-order valence-corrected chi connectivity index (χ4v) is 3.41. The van der Waals surface area contributed by atoms with Gasteiger partial charge in [-0.2, -0.15) is 0 Å². The number of rotatable bonds is 4. The van der Waals surface area contributed by atoms with Gasteiger partial charge in [0.05, 0.1) is 13.5 Å². The Labute approximate surface area is 102 Å². The van der Waals surface area contributed by atoms with Gasteiger partial charge in [-0.05, 0) is 42.9 Å². The van der Waals surface area contributed by atoms with Gasteiger partial charge in [-0.1, -0.05) is 0 Å². The maximum Gasteiger partial charge on any atom is 0.306 e. The highest BCUT2D eigenvalue weighted by Crippen LogP contribution is 2.56. The van der Waals surface area contributed by atoms with Gasteiger partial charge in [0.15, 0.2) is 0 Å². The van der Waals surface area contributed by atoms with Gasteiger partial charge in [0, 0.05) is 13.5 Å². The molecule has 2 aliphatic rings. The predicted molar refractivity (Wildman–Crippen MR) is 63.2 cm³/mol. The van der Waals surface area contributed by atoms with Crippen molar-refractivity contribution in [1.29, 1.82) is 0 Å². The third-order valence-electron chi connectivity index (χ3n) is 4.42. The van der Waals surface area contributed by atoms with Crippen LogP contribution in [0.25, 0.3) is 0 Å². The molecule has 2 fully saturated rings. The van der Waals surface area contributed by atoms with Crippen molar-refractivity contribution >= 4 is 11.9 Å². The molecule has 0 aromatic heterocycles. The molecule has 17 heavy (non-hydrogen) atoms. The van der Waals surface area contributed by atoms with Gasteiger partial charge < -0.3 is 10.1 Å². The molecule has 1 amide bonds. The first kappa shape index (κ1) is 12.4. The summed E-state index contributed by atoms with van der Waals surface area (Å²) in [5.74, 6) is 1.37. The van der Waals surface area contributed by atoms with Crippen molar-refractivity contribution in [2.75, 3.05) is 13.7 Å². The lowest BCUT2D eigenvalue weighted by atomic mass is 9.77. The number of hydrogen-bond donors (Lipinski definition) is 1. The van der Waals surface area contributed by atoms with Crippen LogP contribution in [0.15, 0.2) is 0 Å². The first-order valence-electron chi connectivity index (χ1n) is 6.36. The van der Waals surface area contributed by atoms with E-state index in [1.807, 2.05) is 0 Å². The third kappa shape index (κ3) is 2.61. The SMILES string of the molecule is COC(=O)CC1(CNC(C)=O)C[C@H]2CC[C@H]2C1. The van der Waals surface area contributed by atoms with E-state index in [1.165, 1.54) is 26.9 Å². The topological polar surface area (TPSA) is 55.4 Å². The molecule has 4 heteroatoms. The molecule has 0 radical (unpaired) electrons. The van der Waals surface area contributed by atoms with Gasteiger partial charge in [0.25, 0.3) is 0 Å². The Kier molecular flexibility index (Phi) is 3.40. The molecule has 0 bridgehead atoms. The van der Waals surface area contributed by atoms with Crippen molar-refractivity contribution < 1.29 is 14.3 Å². The molecule has 0 aromatic rings. The zero-order valence-corrected chi connectivity index (χ0v) is 10.6. The van der Waals surface area contributed by atoms with Crippen LogP contribution >= 0.6 is 0 Å². The summed E-state index contributed by atoms with van der Waals surface area (Å²) >= 11 is 0. The number of hydrogen-bond acceptors (Lipinski definition) is 3. The summed E-state index contributed by atoms with van der Waals surface area (Å²) in [5.41, 5.74) is -0.0510. The Morgan fingerprint density at radius 2 is 1.88 bits per heavy atom. The summed E-state index contributed by atoms with van der Waals surface area (Å²) in [6.07, 6.45) is 5.14. The third-order valence-corrected chi connectivity index (χ3v) is 4.42.